The maximum Gasteiger partial charge on any atom is 0.244 e. The van der Waals surface area contributed by atoms with Gasteiger partial charge in [-0.3, -0.25) is 0 Å². The number of thiophene rings is 1. The molecule has 7 heteroatoms. The standard InChI is InChI=1S/C12H13ClN2O2S2/c1-8-5-6-9(18-8)7-15-19(16,17)12-10(13)3-2-4-11(12)14/h2-6,15H,7,14H2,1H3. The van der Waals surface area contributed by atoms with Crippen LogP contribution in [0.15, 0.2) is 35.2 Å². The Morgan fingerprint density at radius 1 is 1.32 bits per heavy atom. The van der Waals surface area contributed by atoms with Gasteiger partial charge in [-0.1, -0.05) is 17.7 Å². The van der Waals surface area contributed by atoms with Crippen LogP contribution in [0.1, 0.15) is 9.75 Å². The van der Waals surface area contributed by atoms with Crippen LogP contribution in [0.3, 0.4) is 0 Å². The van der Waals surface area contributed by atoms with Crippen LogP contribution in [-0.2, 0) is 16.6 Å². The fourth-order valence-electron chi connectivity index (χ4n) is 1.63. The predicted molar refractivity (Wildman–Crippen MR) is 78.9 cm³/mol. The van der Waals surface area contributed by atoms with Crippen LogP contribution in [0.2, 0.25) is 5.02 Å². The van der Waals surface area contributed by atoms with Crippen molar-refractivity contribution in [1.82, 2.24) is 4.72 Å². The third kappa shape index (κ3) is 3.27. The zero-order valence-electron chi connectivity index (χ0n) is 10.2. The number of halogens is 1. The largest absolute Gasteiger partial charge is 0.398 e. The van der Waals surface area contributed by atoms with Gasteiger partial charge in [-0.15, -0.1) is 11.3 Å². The minimum absolute atomic E-state index is 0.0649. The van der Waals surface area contributed by atoms with E-state index in [1.54, 1.807) is 17.4 Å². The van der Waals surface area contributed by atoms with Crippen LogP contribution in [-0.4, -0.2) is 8.42 Å². The SMILES string of the molecule is Cc1ccc(CNS(=O)(=O)c2c(N)cccc2Cl)s1. The van der Waals surface area contributed by atoms with Gasteiger partial charge >= 0.3 is 0 Å². The summed E-state index contributed by atoms with van der Waals surface area (Å²) in [6.45, 7) is 2.19. The lowest BCUT2D eigenvalue weighted by atomic mass is 10.3. The summed E-state index contributed by atoms with van der Waals surface area (Å²) in [5.74, 6) is 0. The Kier molecular flexibility index (Phi) is 4.15. The Morgan fingerprint density at radius 2 is 2.05 bits per heavy atom. The van der Waals surface area contributed by atoms with Crippen molar-refractivity contribution in [2.24, 2.45) is 0 Å². The summed E-state index contributed by atoms with van der Waals surface area (Å²) in [7, 11) is -3.71. The van der Waals surface area contributed by atoms with E-state index in [-0.39, 0.29) is 22.2 Å². The fourth-order valence-corrected chi connectivity index (χ4v) is 4.23. The van der Waals surface area contributed by atoms with Gasteiger partial charge in [-0.2, -0.15) is 0 Å². The van der Waals surface area contributed by atoms with Gasteiger partial charge in [0.15, 0.2) is 0 Å². The molecule has 0 unspecified atom stereocenters. The average Bonchev–Trinajstić information content (AvgIpc) is 2.72. The summed E-state index contributed by atoms with van der Waals surface area (Å²) in [6.07, 6.45) is 0. The number of benzene rings is 1. The monoisotopic (exact) mass is 316 g/mol. The molecule has 4 nitrogen and oxygen atoms in total. The molecule has 0 aliphatic rings. The summed E-state index contributed by atoms with van der Waals surface area (Å²) in [4.78, 5) is 2.00. The molecule has 0 amide bonds. The van der Waals surface area contributed by atoms with Crippen molar-refractivity contribution < 1.29 is 8.42 Å². The van der Waals surface area contributed by atoms with E-state index in [4.69, 9.17) is 17.3 Å². The molecule has 0 saturated carbocycles. The van der Waals surface area contributed by atoms with E-state index in [0.717, 1.165) is 9.75 Å². The molecule has 1 heterocycles. The predicted octanol–water partition coefficient (Wildman–Crippen LogP) is 2.77. The topological polar surface area (TPSA) is 72.2 Å². The second kappa shape index (κ2) is 5.50. The molecule has 0 atom stereocenters. The fraction of sp³-hybridized carbons (Fsp3) is 0.167. The van der Waals surface area contributed by atoms with Crippen molar-refractivity contribution in [2.45, 2.75) is 18.4 Å². The van der Waals surface area contributed by atoms with Gasteiger partial charge in [-0.25, -0.2) is 13.1 Å². The van der Waals surface area contributed by atoms with Crippen LogP contribution in [0.4, 0.5) is 5.69 Å². The molecule has 1 aromatic heterocycles. The first-order chi connectivity index (χ1) is 8.90. The Balaban J connectivity index is 2.23. The van der Waals surface area contributed by atoms with Crippen molar-refractivity contribution >= 4 is 38.6 Å². The molecule has 0 saturated heterocycles. The second-order valence-electron chi connectivity index (χ2n) is 4.00. The molecule has 0 radical (unpaired) electrons. The number of nitrogen functional groups attached to an aromatic ring is 1. The first kappa shape index (κ1) is 14.3. The molecule has 0 fully saturated rings. The lowest BCUT2D eigenvalue weighted by Gasteiger charge is -2.09. The van der Waals surface area contributed by atoms with Crippen LogP contribution >= 0.6 is 22.9 Å². The van der Waals surface area contributed by atoms with Gasteiger partial charge in [-0.05, 0) is 31.2 Å². The molecule has 0 spiro atoms. The van der Waals surface area contributed by atoms with Crippen molar-refractivity contribution in [3.05, 3.63) is 45.1 Å². The van der Waals surface area contributed by atoms with Crippen molar-refractivity contribution in [3.63, 3.8) is 0 Å². The zero-order chi connectivity index (χ0) is 14.0. The maximum absolute atomic E-state index is 12.2. The number of nitrogens with one attached hydrogen (secondary N) is 1. The molecule has 0 bridgehead atoms. The van der Waals surface area contributed by atoms with Crippen LogP contribution in [0, 0.1) is 6.92 Å². The number of aryl methyl sites for hydroxylation is 1. The molecule has 102 valence electrons. The van der Waals surface area contributed by atoms with Crippen LogP contribution in [0.25, 0.3) is 0 Å². The van der Waals surface area contributed by atoms with Crippen molar-refractivity contribution in [3.8, 4) is 0 Å². The number of sulfonamides is 1. The highest BCUT2D eigenvalue weighted by atomic mass is 35.5. The smallest absolute Gasteiger partial charge is 0.244 e. The summed E-state index contributed by atoms with van der Waals surface area (Å²) in [5, 5.41) is 0.120. The Hall–Kier alpha value is -1.08. The third-order valence-corrected chi connectivity index (χ3v) is 5.44. The Labute approximate surface area is 121 Å². The molecule has 0 aliphatic carbocycles. The summed E-state index contributed by atoms with van der Waals surface area (Å²) < 4.78 is 26.9. The van der Waals surface area contributed by atoms with Gasteiger partial charge in [0, 0.05) is 16.3 Å². The molecule has 2 aromatic rings. The van der Waals surface area contributed by atoms with E-state index in [2.05, 4.69) is 4.72 Å². The van der Waals surface area contributed by atoms with E-state index < -0.39 is 10.0 Å². The number of anilines is 1. The highest BCUT2D eigenvalue weighted by Gasteiger charge is 2.20. The Bertz CT molecular complexity index is 675. The van der Waals surface area contributed by atoms with Crippen molar-refractivity contribution in [1.29, 1.82) is 0 Å². The molecular weight excluding hydrogens is 304 g/mol. The van der Waals surface area contributed by atoms with Gasteiger partial charge in [0.1, 0.15) is 4.90 Å². The highest BCUT2D eigenvalue weighted by molar-refractivity contribution is 7.89. The number of hydrogen-bond acceptors (Lipinski definition) is 4. The van der Waals surface area contributed by atoms with Crippen LogP contribution < -0.4 is 10.5 Å². The molecular formula is C12H13ClN2O2S2. The number of nitrogens with two attached hydrogens (primary N) is 1. The van der Waals surface area contributed by atoms with Gasteiger partial charge in [0.2, 0.25) is 10.0 Å². The van der Waals surface area contributed by atoms with E-state index in [1.807, 2.05) is 19.1 Å². The molecule has 1 aromatic carbocycles. The number of hydrogen-bond donors (Lipinski definition) is 2. The number of rotatable bonds is 4. The van der Waals surface area contributed by atoms with Gasteiger partial charge in [0.25, 0.3) is 0 Å². The second-order valence-corrected chi connectivity index (χ2v) is 7.48. The minimum atomic E-state index is -3.71. The van der Waals surface area contributed by atoms with Gasteiger partial charge in [0.05, 0.1) is 10.7 Å². The van der Waals surface area contributed by atoms with E-state index >= 15 is 0 Å². The summed E-state index contributed by atoms with van der Waals surface area (Å²) >= 11 is 7.44. The zero-order valence-corrected chi connectivity index (χ0v) is 12.6. The lowest BCUT2D eigenvalue weighted by Crippen LogP contribution is -2.24. The highest BCUT2D eigenvalue weighted by Crippen LogP contribution is 2.27. The molecule has 19 heavy (non-hydrogen) atoms. The normalized spacial score (nSPS) is 11.7. The van der Waals surface area contributed by atoms with E-state index in [1.165, 1.54) is 12.1 Å². The first-order valence-electron chi connectivity index (χ1n) is 5.49. The van der Waals surface area contributed by atoms with Gasteiger partial charge < -0.3 is 5.73 Å². The van der Waals surface area contributed by atoms with Crippen molar-refractivity contribution in [2.75, 3.05) is 5.73 Å². The third-order valence-electron chi connectivity index (χ3n) is 2.50. The van der Waals surface area contributed by atoms with Crippen LogP contribution in [0.5, 0.6) is 0 Å². The lowest BCUT2D eigenvalue weighted by molar-refractivity contribution is 0.582. The van der Waals surface area contributed by atoms with E-state index in [0.29, 0.717) is 0 Å². The quantitative estimate of drug-likeness (QED) is 0.852. The molecule has 2 rings (SSSR count). The maximum atomic E-state index is 12.2. The molecule has 0 aliphatic heterocycles. The van der Waals surface area contributed by atoms with E-state index in [9.17, 15) is 8.42 Å². The Morgan fingerprint density at radius 3 is 2.63 bits per heavy atom. The summed E-state index contributed by atoms with van der Waals surface area (Å²) in [5.41, 5.74) is 5.82. The average molecular weight is 317 g/mol. The summed E-state index contributed by atoms with van der Waals surface area (Å²) in [6, 6.07) is 8.45. The molecule has 3 N–H and O–H groups in total. The minimum Gasteiger partial charge on any atom is -0.398 e. The first-order valence-corrected chi connectivity index (χ1v) is 8.17.